The van der Waals surface area contributed by atoms with E-state index < -0.39 is 0 Å². The van der Waals surface area contributed by atoms with Crippen LogP contribution >= 0.6 is 11.6 Å². The van der Waals surface area contributed by atoms with Crippen molar-refractivity contribution in [3.8, 4) is 11.5 Å². The monoisotopic (exact) mass is 400 g/mol. The summed E-state index contributed by atoms with van der Waals surface area (Å²) in [6.07, 6.45) is 3.40. The van der Waals surface area contributed by atoms with Crippen molar-refractivity contribution in [1.82, 2.24) is 9.80 Å². The summed E-state index contributed by atoms with van der Waals surface area (Å²) in [5, 5.41) is 0.749. The number of carbonyl (C=O) groups is 1. The molecule has 2 aromatic rings. The van der Waals surface area contributed by atoms with Gasteiger partial charge < -0.3 is 14.4 Å². The predicted molar refractivity (Wildman–Crippen MR) is 112 cm³/mol. The number of ether oxygens (including phenoxy) is 2. The smallest absolute Gasteiger partial charge is 0.246 e. The summed E-state index contributed by atoms with van der Waals surface area (Å²) in [7, 11) is 3.22. The second-order valence-corrected chi connectivity index (χ2v) is 7.11. The normalized spacial score (nSPS) is 15.0. The highest BCUT2D eigenvalue weighted by Gasteiger charge is 2.19. The second kappa shape index (κ2) is 9.62. The van der Waals surface area contributed by atoms with Gasteiger partial charge in [-0.15, -0.1) is 0 Å². The molecule has 28 heavy (non-hydrogen) atoms. The van der Waals surface area contributed by atoms with Crippen molar-refractivity contribution in [3.63, 3.8) is 0 Å². The predicted octanol–water partition coefficient (Wildman–Crippen LogP) is 3.71. The molecule has 0 bridgehead atoms. The summed E-state index contributed by atoms with van der Waals surface area (Å²) in [6, 6.07) is 13.5. The molecule has 0 radical (unpaired) electrons. The van der Waals surface area contributed by atoms with E-state index in [-0.39, 0.29) is 5.91 Å². The number of rotatable bonds is 6. The zero-order valence-corrected chi connectivity index (χ0v) is 17.0. The Bertz CT molecular complexity index is 828. The molecule has 0 spiro atoms. The quantitative estimate of drug-likeness (QED) is 0.693. The minimum absolute atomic E-state index is 0.0176. The van der Waals surface area contributed by atoms with E-state index in [9.17, 15) is 4.79 Å². The Kier molecular flexibility index (Phi) is 6.95. The number of amides is 1. The Morgan fingerprint density at radius 2 is 1.75 bits per heavy atom. The minimum Gasteiger partial charge on any atom is -0.497 e. The molecule has 1 amide bonds. The third-order valence-electron chi connectivity index (χ3n) is 4.85. The number of methoxy groups -OCH3 is 2. The number of nitrogens with zero attached hydrogens (tertiary/aromatic N) is 2. The number of carbonyl (C=O) groups excluding carboxylic acids is 1. The molecule has 0 aliphatic carbocycles. The van der Waals surface area contributed by atoms with Crippen LogP contribution in [-0.4, -0.2) is 56.1 Å². The minimum atomic E-state index is 0.0176. The molecule has 1 saturated heterocycles. The lowest BCUT2D eigenvalue weighted by Gasteiger charge is -2.34. The molecular formula is C22H25ClN2O3. The maximum absolute atomic E-state index is 12.5. The third kappa shape index (κ3) is 5.27. The highest BCUT2D eigenvalue weighted by molar-refractivity contribution is 6.30. The van der Waals surface area contributed by atoms with E-state index in [1.165, 1.54) is 5.56 Å². The fourth-order valence-electron chi connectivity index (χ4n) is 3.20. The first-order valence-electron chi connectivity index (χ1n) is 9.25. The number of piperazine rings is 1. The van der Waals surface area contributed by atoms with Gasteiger partial charge in [0.05, 0.1) is 14.2 Å². The molecule has 0 unspecified atom stereocenters. The Labute approximate surface area is 171 Å². The molecule has 1 aliphatic heterocycles. The molecule has 1 aliphatic rings. The topological polar surface area (TPSA) is 42.0 Å². The average Bonchev–Trinajstić information content (AvgIpc) is 2.74. The molecule has 0 aromatic heterocycles. The Morgan fingerprint density at radius 3 is 2.39 bits per heavy atom. The van der Waals surface area contributed by atoms with Crippen LogP contribution in [0.2, 0.25) is 5.02 Å². The zero-order chi connectivity index (χ0) is 19.9. The summed E-state index contributed by atoms with van der Waals surface area (Å²) >= 11 is 5.94. The highest BCUT2D eigenvalue weighted by atomic mass is 35.5. The largest absolute Gasteiger partial charge is 0.497 e. The standard InChI is InChI=1S/C22H25ClN2O3/c1-27-20-9-5-18(21(15-20)28-2)6-10-22(26)25-13-11-24(12-14-25)16-17-3-7-19(23)8-4-17/h3-10,15H,11-14,16H2,1-2H3/b10-6+. The van der Waals surface area contributed by atoms with Gasteiger partial charge in [0, 0.05) is 55.5 Å². The molecule has 3 rings (SSSR count). The van der Waals surface area contributed by atoms with Gasteiger partial charge in [-0.05, 0) is 35.9 Å². The number of hydrogen-bond donors (Lipinski definition) is 0. The Morgan fingerprint density at radius 1 is 1.04 bits per heavy atom. The van der Waals surface area contributed by atoms with Crippen LogP contribution < -0.4 is 9.47 Å². The lowest BCUT2D eigenvalue weighted by molar-refractivity contribution is -0.127. The maximum Gasteiger partial charge on any atom is 0.246 e. The summed E-state index contributed by atoms with van der Waals surface area (Å²) in [5.74, 6) is 1.41. The molecule has 1 fully saturated rings. The highest BCUT2D eigenvalue weighted by Crippen LogP contribution is 2.25. The van der Waals surface area contributed by atoms with Crippen LogP contribution in [0.25, 0.3) is 6.08 Å². The zero-order valence-electron chi connectivity index (χ0n) is 16.2. The van der Waals surface area contributed by atoms with Gasteiger partial charge in [0.2, 0.25) is 5.91 Å². The van der Waals surface area contributed by atoms with Gasteiger partial charge in [0.1, 0.15) is 11.5 Å². The van der Waals surface area contributed by atoms with Crippen LogP contribution in [0.3, 0.4) is 0 Å². The van der Waals surface area contributed by atoms with E-state index in [2.05, 4.69) is 4.90 Å². The second-order valence-electron chi connectivity index (χ2n) is 6.67. The molecule has 0 saturated carbocycles. The number of hydrogen-bond acceptors (Lipinski definition) is 4. The van der Waals surface area contributed by atoms with Gasteiger partial charge in [-0.3, -0.25) is 9.69 Å². The van der Waals surface area contributed by atoms with Crippen LogP contribution in [0, 0.1) is 0 Å². The van der Waals surface area contributed by atoms with E-state index in [1.807, 2.05) is 41.3 Å². The van der Waals surface area contributed by atoms with Crippen LogP contribution in [0.5, 0.6) is 11.5 Å². The summed E-state index contributed by atoms with van der Waals surface area (Å²) in [4.78, 5) is 16.8. The van der Waals surface area contributed by atoms with Crippen molar-refractivity contribution < 1.29 is 14.3 Å². The Balaban J connectivity index is 1.53. The lowest BCUT2D eigenvalue weighted by Crippen LogP contribution is -2.47. The lowest BCUT2D eigenvalue weighted by atomic mass is 10.1. The van der Waals surface area contributed by atoms with Crippen molar-refractivity contribution in [1.29, 1.82) is 0 Å². The average molecular weight is 401 g/mol. The van der Waals surface area contributed by atoms with Crippen molar-refractivity contribution in [2.45, 2.75) is 6.54 Å². The van der Waals surface area contributed by atoms with E-state index >= 15 is 0 Å². The van der Waals surface area contributed by atoms with E-state index in [1.54, 1.807) is 32.4 Å². The fraction of sp³-hybridized carbons (Fsp3) is 0.318. The third-order valence-corrected chi connectivity index (χ3v) is 5.10. The van der Waals surface area contributed by atoms with Crippen molar-refractivity contribution >= 4 is 23.6 Å². The van der Waals surface area contributed by atoms with E-state index in [0.717, 1.165) is 49.1 Å². The van der Waals surface area contributed by atoms with Crippen LogP contribution in [0.4, 0.5) is 0 Å². The van der Waals surface area contributed by atoms with Gasteiger partial charge >= 0.3 is 0 Å². The van der Waals surface area contributed by atoms with Gasteiger partial charge in [0.25, 0.3) is 0 Å². The van der Waals surface area contributed by atoms with Gasteiger partial charge in [-0.2, -0.15) is 0 Å². The van der Waals surface area contributed by atoms with Crippen molar-refractivity contribution in [2.24, 2.45) is 0 Å². The molecule has 5 nitrogen and oxygen atoms in total. The first-order valence-corrected chi connectivity index (χ1v) is 9.62. The SMILES string of the molecule is COc1ccc(/C=C/C(=O)N2CCN(Cc3ccc(Cl)cc3)CC2)c(OC)c1. The molecular weight excluding hydrogens is 376 g/mol. The molecule has 2 aromatic carbocycles. The van der Waals surface area contributed by atoms with Crippen LogP contribution in [0.15, 0.2) is 48.5 Å². The van der Waals surface area contributed by atoms with Gasteiger partial charge in [-0.25, -0.2) is 0 Å². The number of halogens is 1. The first kappa shape index (κ1) is 20.2. The maximum atomic E-state index is 12.5. The summed E-state index contributed by atoms with van der Waals surface area (Å²) < 4.78 is 10.6. The molecule has 0 atom stereocenters. The van der Waals surface area contributed by atoms with Crippen molar-refractivity contribution in [3.05, 3.63) is 64.7 Å². The molecule has 6 heteroatoms. The van der Waals surface area contributed by atoms with Crippen LogP contribution in [-0.2, 0) is 11.3 Å². The fourth-order valence-corrected chi connectivity index (χ4v) is 3.32. The van der Waals surface area contributed by atoms with Gasteiger partial charge in [0.15, 0.2) is 0 Å². The summed E-state index contributed by atoms with van der Waals surface area (Å²) in [5.41, 5.74) is 2.08. The Hall–Kier alpha value is -2.50. The van der Waals surface area contributed by atoms with E-state index in [4.69, 9.17) is 21.1 Å². The van der Waals surface area contributed by atoms with Gasteiger partial charge in [-0.1, -0.05) is 23.7 Å². The van der Waals surface area contributed by atoms with Crippen LogP contribution in [0.1, 0.15) is 11.1 Å². The first-order chi connectivity index (χ1) is 13.6. The van der Waals surface area contributed by atoms with E-state index in [0.29, 0.717) is 5.75 Å². The molecule has 148 valence electrons. The molecule has 0 N–H and O–H groups in total. The summed E-state index contributed by atoms with van der Waals surface area (Å²) in [6.45, 7) is 4.02. The number of benzene rings is 2. The van der Waals surface area contributed by atoms with Crippen molar-refractivity contribution in [2.75, 3.05) is 40.4 Å². The molecule has 1 heterocycles.